The maximum Gasteiger partial charge on any atom is 0.250 e. The van der Waals surface area contributed by atoms with E-state index in [1.165, 1.54) is 10.4 Å². The summed E-state index contributed by atoms with van der Waals surface area (Å²) in [5, 5.41) is 2.05. The zero-order chi connectivity index (χ0) is 11.9. The molecule has 0 aromatic carbocycles. The zero-order valence-corrected chi connectivity index (χ0v) is 10.4. The predicted molar refractivity (Wildman–Crippen MR) is 66.7 cm³/mol. The molecule has 2 rings (SSSR count). The number of aryl methyl sites for hydroxylation is 1. The van der Waals surface area contributed by atoms with Gasteiger partial charge in [0, 0.05) is 12.7 Å². The van der Waals surface area contributed by atoms with E-state index in [9.17, 15) is 4.79 Å². The Labute approximate surface area is 98.5 Å². The van der Waals surface area contributed by atoms with Crippen molar-refractivity contribution < 1.29 is 4.79 Å². The molecule has 0 radical (unpaired) electrons. The molecule has 0 saturated heterocycles. The maximum atomic E-state index is 11.3. The summed E-state index contributed by atoms with van der Waals surface area (Å²) < 4.78 is 2.01. The molecule has 0 aliphatic heterocycles. The summed E-state index contributed by atoms with van der Waals surface area (Å²) in [7, 11) is 1.95. The quantitative estimate of drug-likeness (QED) is 0.852. The van der Waals surface area contributed by atoms with E-state index in [4.69, 9.17) is 5.73 Å². The molecule has 0 aliphatic rings. The SMILES string of the molecule is Cc1ccsc1-c1cc(C(N)=O)c(C)n1C. The van der Waals surface area contributed by atoms with Crippen molar-refractivity contribution in [3.63, 3.8) is 0 Å². The van der Waals surface area contributed by atoms with Gasteiger partial charge in [0.25, 0.3) is 5.91 Å². The van der Waals surface area contributed by atoms with Crippen molar-refractivity contribution in [2.75, 3.05) is 0 Å². The first-order chi connectivity index (χ1) is 7.52. The minimum Gasteiger partial charge on any atom is -0.366 e. The van der Waals surface area contributed by atoms with Gasteiger partial charge in [0.05, 0.1) is 16.1 Å². The van der Waals surface area contributed by atoms with Crippen molar-refractivity contribution in [1.29, 1.82) is 0 Å². The Balaban J connectivity index is 2.64. The highest BCUT2D eigenvalue weighted by atomic mass is 32.1. The number of rotatable bonds is 2. The molecule has 0 fully saturated rings. The number of amides is 1. The summed E-state index contributed by atoms with van der Waals surface area (Å²) in [5.74, 6) is -0.367. The monoisotopic (exact) mass is 234 g/mol. The summed E-state index contributed by atoms with van der Waals surface area (Å²) >= 11 is 1.68. The minimum atomic E-state index is -0.367. The van der Waals surface area contributed by atoms with Crippen LogP contribution in [0.3, 0.4) is 0 Å². The standard InChI is InChI=1S/C12H14N2OS/c1-7-4-5-16-11(7)10-6-9(12(13)15)8(2)14(10)3/h4-6H,1-3H3,(H2,13,15). The lowest BCUT2D eigenvalue weighted by atomic mass is 10.2. The van der Waals surface area contributed by atoms with Crippen molar-refractivity contribution in [2.45, 2.75) is 13.8 Å². The lowest BCUT2D eigenvalue weighted by Crippen LogP contribution is -2.11. The van der Waals surface area contributed by atoms with E-state index < -0.39 is 0 Å². The van der Waals surface area contributed by atoms with E-state index in [-0.39, 0.29) is 5.91 Å². The third-order valence-electron chi connectivity index (χ3n) is 2.90. The molecule has 0 saturated carbocycles. The number of hydrogen-bond acceptors (Lipinski definition) is 2. The number of carbonyl (C=O) groups is 1. The van der Waals surface area contributed by atoms with E-state index in [0.29, 0.717) is 5.56 Å². The van der Waals surface area contributed by atoms with Crippen LogP contribution in [0.15, 0.2) is 17.5 Å². The Morgan fingerprint density at radius 3 is 2.56 bits per heavy atom. The van der Waals surface area contributed by atoms with Crippen LogP contribution in [0.25, 0.3) is 10.6 Å². The first kappa shape index (κ1) is 11.0. The number of nitrogens with zero attached hydrogens (tertiary/aromatic N) is 1. The summed E-state index contributed by atoms with van der Waals surface area (Å²) in [6.07, 6.45) is 0. The minimum absolute atomic E-state index is 0.367. The number of aromatic nitrogens is 1. The molecule has 2 aromatic rings. The summed E-state index contributed by atoms with van der Waals surface area (Å²) in [5.41, 5.74) is 9.13. The molecule has 0 unspecified atom stereocenters. The fourth-order valence-corrected chi connectivity index (χ4v) is 2.78. The van der Waals surface area contributed by atoms with E-state index in [2.05, 4.69) is 18.4 Å². The second-order valence-electron chi connectivity index (χ2n) is 3.88. The number of primary amides is 1. The van der Waals surface area contributed by atoms with Gasteiger partial charge >= 0.3 is 0 Å². The van der Waals surface area contributed by atoms with Crippen LogP contribution in [0.4, 0.5) is 0 Å². The van der Waals surface area contributed by atoms with Crippen molar-refractivity contribution in [3.8, 4) is 10.6 Å². The van der Waals surface area contributed by atoms with E-state index in [1.54, 1.807) is 11.3 Å². The highest BCUT2D eigenvalue weighted by molar-refractivity contribution is 7.13. The maximum absolute atomic E-state index is 11.3. The molecule has 2 N–H and O–H groups in total. The van der Waals surface area contributed by atoms with Crippen LogP contribution < -0.4 is 5.73 Å². The highest BCUT2D eigenvalue weighted by Gasteiger charge is 2.15. The van der Waals surface area contributed by atoms with E-state index in [1.807, 2.05) is 24.6 Å². The number of hydrogen-bond donors (Lipinski definition) is 1. The molecular weight excluding hydrogens is 220 g/mol. The number of thiophene rings is 1. The van der Waals surface area contributed by atoms with Gasteiger partial charge in [-0.25, -0.2) is 0 Å². The smallest absolute Gasteiger partial charge is 0.250 e. The molecule has 0 bridgehead atoms. The topological polar surface area (TPSA) is 48.0 Å². The normalized spacial score (nSPS) is 10.7. The van der Waals surface area contributed by atoms with E-state index in [0.717, 1.165) is 11.4 Å². The van der Waals surface area contributed by atoms with Crippen molar-refractivity contribution >= 4 is 17.2 Å². The van der Waals surface area contributed by atoms with Crippen molar-refractivity contribution in [1.82, 2.24) is 4.57 Å². The molecule has 84 valence electrons. The van der Waals surface area contributed by atoms with Crippen LogP contribution in [-0.4, -0.2) is 10.5 Å². The van der Waals surface area contributed by atoms with Gasteiger partial charge in [-0.05, 0) is 36.9 Å². The van der Waals surface area contributed by atoms with Crippen LogP contribution in [0.5, 0.6) is 0 Å². The number of carbonyl (C=O) groups excluding carboxylic acids is 1. The van der Waals surface area contributed by atoms with Crippen molar-refractivity contribution in [3.05, 3.63) is 34.3 Å². The third-order valence-corrected chi connectivity index (χ3v) is 3.93. The van der Waals surface area contributed by atoms with Gasteiger partial charge in [-0.2, -0.15) is 0 Å². The summed E-state index contributed by atoms with van der Waals surface area (Å²) in [6.45, 7) is 3.98. The predicted octanol–water partition coefficient (Wildman–Crippen LogP) is 2.47. The lowest BCUT2D eigenvalue weighted by molar-refractivity contribution is 0.0999. The third kappa shape index (κ3) is 1.55. The van der Waals surface area contributed by atoms with Gasteiger partial charge in [0.15, 0.2) is 0 Å². The van der Waals surface area contributed by atoms with Crippen LogP contribution >= 0.6 is 11.3 Å². The first-order valence-corrected chi connectivity index (χ1v) is 5.91. The summed E-state index contributed by atoms with van der Waals surface area (Å²) in [4.78, 5) is 12.4. The average Bonchev–Trinajstić information content (AvgIpc) is 2.74. The van der Waals surface area contributed by atoms with Crippen LogP contribution in [0.2, 0.25) is 0 Å². The molecule has 1 amide bonds. The van der Waals surface area contributed by atoms with Gasteiger partial charge in [0.1, 0.15) is 0 Å². The molecule has 16 heavy (non-hydrogen) atoms. The van der Waals surface area contributed by atoms with Crippen LogP contribution in [-0.2, 0) is 7.05 Å². The molecular formula is C12H14N2OS. The number of nitrogens with two attached hydrogens (primary N) is 1. The zero-order valence-electron chi connectivity index (χ0n) is 9.57. The molecule has 4 heteroatoms. The highest BCUT2D eigenvalue weighted by Crippen LogP contribution is 2.31. The fourth-order valence-electron chi connectivity index (χ4n) is 1.80. The molecule has 2 aromatic heterocycles. The van der Waals surface area contributed by atoms with Gasteiger partial charge in [-0.15, -0.1) is 11.3 Å². The molecule has 0 aliphatic carbocycles. The Bertz CT molecular complexity index is 551. The van der Waals surface area contributed by atoms with Crippen LogP contribution in [0, 0.1) is 13.8 Å². The van der Waals surface area contributed by atoms with Gasteiger partial charge in [-0.3, -0.25) is 4.79 Å². The average molecular weight is 234 g/mol. The van der Waals surface area contributed by atoms with Crippen LogP contribution in [0.1, 0.15) is 21.6 Å². The molecule has 2 heterocycles. The van der Waals surface area contributed by atoms with Gasteiger partial charge < -0.3 is 10.3 Å². The second kappa shape index (κ2) is 3.79. The molecule has 0 spiro atoms. The lowest BCUT2D eigenvalue weighted by Gasteiger charge is -2.03. The molecule has 0 atom stereocenters. The summed E-state index contributed by atoms with van der Waals surface area (Å²) in [6, 6.07) is 3.95. The largest absolute Gasteiger partial charge is 0.366 e. The Morgan fingerprint density at radius 1 is 1.44 bits per heavy atom. The Kier molecular flexibility index (Phi) is 2.59. The van der Waals surface area contributed by atoms with Gasteiger partial charge in [-0.1, -0.05) is 0 Å². The van der Waals surface area contributed by atoms with E-state index >= 15 is 0 Å². The fraction of sp³-hybridized carbons (Fsp3) is 0.250. The Hall–Kier alpha value is -1.55. The second-order valence-corrected chi connectivity index (χ2v) is 4.80. The Morgan fingerprint density at radius 2 is 2.12 bits per heavy atom. The van der Waals surface area contributed by atoms with Crippen molar-refractivity contribution in [2.24, 2.45) is 12.8 Å². The first-order valence-electron chi connectivity index (χ1n) is 5.03. The van der Waals surface area contributed by atoms with Gasteiger partial charge in [0.2, 0.25) is 0 Å². The molecule has 3 nitrogen and oxygen atoms in total.